The summed E-state index contributed by atoms with van der Waals surface area (Å²) in [7, 11) is 1.31. The first-order valence-corrected chi connectivity index (χ1v) is 9.51. The Labute approximate surface area is 162 Å². The summed E-state index contributed by atoms with van der Waals surface area (Å²) >= 11 is 0. The molecule has 2 atom stereocenters. The standard InChI is InChI=1S/C21H33NO5/c1-8-15(5)27-18-11-10-16(12-17(18)19(23)25-7)22-20(24)21(6,26-9-2)13-14(3)4/h10-12,14-15H,8-9,13H2,1-7H3,(H,22,24)/t15-,21+/m0/s1. The Hall–Kier alpha value is -2.08. The largest absolute Gasteiger partial charge is 0.490 e. The van der Waals surface area contributed by atoms with Gasteiger partial charge in [-0.15, -0.1) is 0 Å². The highest BCUT2D eigenvalue weighted by atomic mass is 16.5. The molecule has 1 rings (SSSR count). The molecule has 0 spiro atoms. The van der Waals surface area contributed by atoms with Crippen molar-refractivity contribution in [2.45, 2.75) is 66.1 Å². The summed E-state index contributed by atoms with van der Waals surface area (Å²) < 4.78 is 16.4. The summed E-state index contributed by atoms with van der Waals surface area (Å²) in [6.45, 7) is 12.1. The van der Waals surface area contributed by atoms with Crippen LogP contribution in [0.5, 0.6) is 5.75 Å². The van der Waals surface area contributed by atoms with Gasteiger partial charge in [0.05, 0.1) is 13.2 Å². The van der Waals surface area contributed by atoms with E-state index < -0.39 is 11.6 Å². The van der Waals surface area contributed by atoms with Gasteiger partial charge in [-0.1, -0.05) is 20.8 Å². The molecule has 0 aliphatic carbocycles. The van der Waals surface area contributed by atoms with Crippen LogP contribution in [0.1, 0.15) is 64.7 Å². The minimum absolute atomic E-state index is 0.0406. The topological polar surface area (TPSA) is 73.9 Å². The normalized spacial score (nSPS) is 14.4. The van der Waals surface area contributed by atoms with Gasteiger partial charge in [0.1, 0.15) is 16.9 Å². The average molecular weight is 379 g/mol. The first-order chi connectivity index (χ1) is 12.7. The van der Waals surface area contributed by atoms with Crippen LogP contribution in [0.4, 0.5) is 5.69 Å². The number of amides is 1. The zero-order valence-electron chi connectivity index (χ0n) is 17.5. The molecular weight excluding hydrogens is 346 g/mol. The Morgan fingerprint density at radius 2 is 1.85 bits per heavy atom. The van der Waals surface area contributed by atoms with E-state index in [2.05, 4.69) is 5.32 Å². The molecule has 0 saturated carbocycles. The van der Waals surface area contributed by atoms with Gasteiger partial charge in [-0.05, 0) is 57.7 Å². The summed E-state index contributed by atoms with van der Waals surface area (Å²) in [5.74, 6) is -0.0307. The number of methoxy groups -OCH3 is 1. The molecular formula is C21H33NO5. The molecule has 1 amide bonds. The summed E-state index contributed by atoms with van der Waals surface area (Å²) in [4.78, 5) is 25.0. The predicted octanol–water partition coefficient (Wildman–Crippen LogP) is 4.43. The van der Waals surface area contributed by atoms with E-state index in [-0.39, 0.29) is 17.6 Å². The minimum Gasteiger partial charge on any atom is -0.490 e. The lowest BCUT2D eigenvalue weighted by atomic mass is 9.93. The van der Waals surface area contributed by atoms with Gasteiger partial charge in [-0.2, -0.15) is 0 Å². The molecule has 0 heterocycles. The van der Waals surface area contributed by atoms with Gasteiger partial charge < -0.3 is 19.5 Å². The molecule has 0 saturated heterocycles. The van der Waals surface area contributed by atoms with Crippen molar-refractivity contribution in [3.63, 3.8) is 0 Å². The van der Waals surface area contributed by atoms with Crippen molar-refractivity contribution in [1.29, 1.82) is 0 Å². The summed E-state index contributed by atoms with van der Waals surface area (Å²) in [6, 6.07) is 4.96. The molecule has 27 heavy (non-hydrogen) atoms. The van der Waals surface area contributed by atoms with E-state index in [1.54, 1.807) is 25.1 Å². The third-order valence-corrected chi connectivity index (χ3v) is 4.29. The van der Waals surface area contributed by atoms with Crippen LogP contribution in [0, 0.1) is 5.92 Å². The maximum absolute atomic E-state index is 12.8. The summed E-state index contributed by atoms with van der Waals surface area (Å²) in [5.41, 5.74) is -0.176. The van der Waals surface area contributed by atoms with Crippen molar-refractivity contribution in [2.24, 2.45) is 5.92 Å². The van der Waals surface area contributed by atoms with Gasteiger partial charge in [0, 0.05) is 12.3 Å². The molecule has 1 aromatic carbocycles. The van der Waals surface area contributed by atoms with Crippen molar-refractivity contribution in [2.75, 3.05) is 19.0 Å². The van der Waals surface area contributed by atoms with Crippen molar-refractivity contribution < 1.29 is 23.8 Å². The minimum atomic E-state index is -0.944. The third-order valence-electron chi connectivity index (χ3n) is 4.29. The van der Waals surface area contributed by atoms with Crippen LogP contribution in [0.3, 0.4) is 0 Å². The third kappa shape index (κ3) is 6.54. The molecule has 6 heteroatoms. The number of nitrogens with one attached hydrogen (secondary N) is 1. The summed E-state index contributed by atoms with van der Waals surface area (Å²) in [5, 5.41) is 2.86. The smallest absolute Gasteiger partial charge is 0.341 e. The lowest BCUT2D eigenvalue weighted by Crippen LogP contribution is -2.44. The van der Waals surface area contributed by atoms with E-state index >= 15 is 0 Å². The molecule has 0 bridgehead atoms. The molecule has 0 aliphatic rings. The molecule has 1 N–H and O–H groups in total. The first-order valence-electron chi connectivity index (χ1n) is 9.51. The van der Waals surface area contributed by atoms with Gasteiger partial charge in [-0.25, -0.2) is 4.79 Å². The van der Waals surface area contributed by atoms with Crippen LogP contribution in [-0.2, 0) is 14.3 Å². The van der Waals surface area contributed by atoms with E-state index in [0.29, 0.717) is 30.4 Å². The zero-order chi connectivity index (χ0) is 20.6. The summed E-state index contributed by atoms with van der Waals surface area (Å²) in [6.07, 6.45) is 1.35. The Morgan fingerprint density at radius 3 is 2.37 bits per heavy atom. The Kier molecular flexibility index (Phi) is 8.76. The fourth-order valence-corrected chi connectivity index (χ4v) is 2.86. The van der Waals surface area contributed by atoms with Gasteiger partial charge in [0.2, 0.25) is 0 Å². The highest BCUT2D eigenvalue weighted by molar-refractivity contribution is 5.99. The van der Waals surface area contributed by atoms with E-state index in [4.69, 9.17) is 14.2 Å². The Morgan fingerprint density at radius 1 is 1.19 bits per heavy atom. The van der Waals surface area contributed by atoms with Crippen LogP contribution < -0.4 is 10.1 Å². The zero-order valence-corrected chi connectivity index (χ0v) is 17.5. The van der Waals surface area contributed by atoms with E-state index in [0.717, 1.165) is 6.42 Å². The molecule has 0 aliphatic heterocycles. The highest BCUT2D eigenvalue weighted by Crippen LogP contribution is 2.28. The highest BCUT2D eigenvalue weighted by Gasteiger charge is 2.35. The Bertz CT molecular complexity index is 643. The second-order valence-electron chi connectivity index (χ2n) is 7.26. The first kappa shape index (κ1) is 23.0. The van der Waals surface area contributed by atoms with Crippen LogP contribution in [-0.4, -0.2) is 37.3 Å². The lowest BCUT2D eigenvalue weighted by molar-refractivity contribution is -0.140. The number of ether oxygens (including phenoxy) is 3. The Balaban J connectivity index is 3.12. The number of carbonyl (C=O) groups excluding carboxylic acids is 2. The molecule has 152 valence electrons. The fraction of sp³-hybridized carbons (Fsp3) is 0.619. The second kappa shape index (κ2) is 10.3. The van der Waals surface area contributed by atoms with Crippen LogP contribution in [0.2, 0.25) is 0 Å². The number of carbonyl (C=O) groups is 2. The maximum Gasteiger partial charge on any atom is 0.341 e. The molecule has 1 aromatic rings. The molecule has 6 nitrogen and oxygen atoms in total. The number of benzene rings is 1. The van der Waals surface area contributed by atoms with Crippen LogP contribution in [0.25, 0.3) is 0 Å². The van der Waals surface area contributed by atoms with Crippen molar-refractivity contribution in [3.8, 4) is 5.75 Å². The van der Waals surface area contributed by atoms with Gasteiger partial charge >= 0.3 is 5.97 Å². The number of hydrogen-bond donors (Lipinski definition) is 1. The van der Waals surface area contributed by atoms with Crippen LogP contribution in [0.15, 0.2) is 18.2 Å². The van der Waals surface area contributed by atoms with Crippen molar-refractivity contribution in [1.82, 2.24) is 0 Å². The van der Waals surface area contributed by atoms with Crippen LogP contribution >= 0.6 is 0 Å². The predicted molar refractivity (Wildman–Crippen MR) is 106 cm³/mol. The number of esters is 1. The monoisotopic (exact) mass is 379 g/mol. The van der Waals surface area contributed by atoms with E-state index in [1.165, 1.54) is 7.11 Å². The average Bonchev–Trinajstić information content (AvgIpc) is 2.61. The SMILES string of the molecule is CCO[C@](C)(CC(C)C)C(=O)Nc1ccc(O[C@@H](C)CC)c(C(=O)OC)c1. The quantitative estimate of drug-likeness (QED) is 0.609. The van der Waals surface area contributed by atoms with Gasteiger partial charge in [0.15, 0.2) is 0 Å². The number of anilines is 1. The number of hydrogen-bond acceptors (Lipinski definition) is 5. The van der Waals surface area contributed by atoms with Gasteiger partial charge in [0.25, 0.3) is 5.91 Å². The molecule has 0 aromatic heterocycles. The molecule has 0 unspecified atom stereocenters. The fourth-order valence-electron chi connectivity index (χ4n) is 2.86. The van der Waals surface area contributed by atoms with Crippen molar-refractivity contribution >= 4 is 17.6 Å². The molecule has 0 fully saturated rings. The van der Waals surface area contributed by atoms with E-state index in [1.807, 2.05) is 34.6 Å². The second-order valence-corrected chi connectivity index (χ2v) is 7.26. The van der Waals surface area contributed by atoms with Gasteiger partial charge in [-0.3, -0.25) is 4.79 Å². The molecule has 0 radical (unpaired) electrons. The number of rotatable bonds is 10. The lowest BCUT2D eigenvalue weighted by Gasteiger charge is -2.30. The van der Waals surface area contributed by atoms with Crippen molar-refractivity contribution in [3.05, 3.63) is 23.8 Å². The maximum atomic E-state index is 12.8. The van der Waals surface area contributed by atoms with E-state index in [9.17, 15) is 9.59 Å².